The van der Waals surface area contributed by atoms with Crippen LogP contribution in [0.15, 0.2) is 35.5 Å². The molecule has 0 saturated heterocycles. The number of hydrogen-bond donors (Lipinski definition) is 2. The molecule has 0 fully saturated rings. The number of guanidine groups is 1. The first-order valence-electron chi connectivity index (χ1n) is 6.44. The highest BCUT2D eigenvalue weighted by atomic mass is 32.1. The van der Waals surface area contributed by atoms with Gasteiger partial charge in [0.1, 0.15) is 5.01 Å². The molecule has 0 atom stereocenters. The third-order valence-corrected chi connectivity index (χ3v) is 3.95. The number of benzene rings is 1. The van der Waals surface area contributed by atoms with Crippen LogP contribution in [-0.4, -0.2) is 25.0 Å². The molecule has 0 saturated carbocycles. The predicted molar refractivity (Wildman–Crippen MR) is 81.8 cm³/mol. The maximum Gasteiger partial charge on any atom is 0.416 e. The van der Waals surface area contributed by atoms with Crippen molar-refractivity contribution in [1.29, 1.82) is 0 Å². The van der Waals surface area contributed by atoms with Crippen LogP contribution in [0.3, 0.4) is 0 Å². The monoisotopic (exact) mass is 328 g/mol. The molecule has 1 aromatic heterocycles. The number of nitrogens with zero attached hydrogens (tertiary/aromatic N) is 2. The van der Waals surface area contributed by atoms with Gasteiger partial charge in [-0.15, -0.1) is 11.3 Å². The minimum absolute atomic E-state index is 0.547. The Morgan fingerprint density at radius 1 is 1.27 bits per heavy atom. The number of hydrogen-bond acceptors (Lipinski definition) is 3. The molecule has 0 amide bonds. The lowest BCUT2D eigenvalue weighted by Crippen LogP contribution is -2.33. The first kappa shape index (κ1) is 16.3. The van der Waals surface area contributed by atoms with Gasteiger partial charge in [0.15, 0.2) is 5.96 Å². The summed E-state index contributed by atoms with van der Waals surface area (Å²) in [5, 5.41) is 6.67. The molecule has 118 valence electrons. The van der Waals surface area contributed by atoms with Gasteiger partial charge < -0.3 is 10.6 Å². The fourth-order valence-corrected chi connectivity index (χ4v) is 2.63. The molecule has 1 aromatic carbocycles. The summed E-state index contributed by atoms with van der Waals surface area (Å²) in [4.78, 5) is 9.20. The number of thiazole rings is 1. The number of alkyl halides is 3. The standard InChI is InChI=1S/C14H15F3N4S/c1-18-13(19-2)21-8-11-7-20-12(22-11)9-3-5-10(6-4-9)14(15,16)17/h3-7H,8H2,1-2H3,(H2,18,19,21). The van der Waals surface area contributed by atoms with Crippen LogP contribution in [0.2, 0.25) is 0 Å². The Morgan fingerprint density at radius 3 is 2.50 bits per heavy atom. The van der Waals surface area contributed by atoms with Crippen molar-refractivity contribution < 1.29 is 13.2 Å². The molecule has 0 spiro atoms. The summed E-state index contributed by atoms with van der Waals surface area (Å²) in [6, 6.07) is 5.01. The summed E-state index contributed by atoms with van der Waals surface area (Å²) < 4.78 is 37.6. The first-order chi connectivity index (χ1) is 10.4. The van der Waals surface area contributed by atoms with Crippen LogP contribution in [0.5, 0.6) is 0 Å². The van der Waals surface area contributed by atoms with Crippen molar-refractivity contribution in [3.63, 3.8) is 0 Å². The Morgan fingerprint density at radius 2 is 1.95 bits per heavy atom. The summed E-state index contributed by atoms with van der Waals surface area (Å²) >= 11 is 1.42. The van der Waals surface area contributed by atoms with Crippen molar-refractivity contribution in [3.05, 3.63) is 40.9 Å². The summed E-state index contributed by atoms with van der Waals surface area (Å²) in [5.74, 6) is 0.657. The molecule has 0 aliphatic rings. The van der Waals surface area contributed by atoms with Crippen LogP contribution in [0, 0.1) is 0 Å². The van der Waals surface area contributed by atoms with E-state index in [-0.39, 0.29) is 0 Å². The molecule has 0 bridgehead atoms. The molecule has 2 N–H and O–H groups in total. The Bertz CT molecular complexity index is 647. The molecule has 0 radical (unpaired) electrons. The fraction of sp³-hybridized carbons (Fsp3) is 0.286. The van der Waals surface area contributed by atoms with E-state index in [9.17, 15) is 13.2 Å². The summed E-state index contributed by atoms with van der Waals surface area (Å²) in [6.07, 6.45) is -2.62. The van der Waals surface area contributed by atoms with E-state index in [2.05, 4.69) is 20.6 Å². The Labute approximate surface area is 130 Å². The van der Waals surface area contributed by atoms with Gasteiger partial charge in [-0.25, -0.2) is 4.98 Å². The zero-order valence-electron chi connectivity index (χ0n) is 12.0. The van der Waals surface area contributed by atoms with Crippen molar-refractivity contribution in [2.75, 3.05) is 14.1 Å². The second-order valence-corrected chi connectivity index (χ2v) is 5.50. The van der Waals surface area contributed by atoms with Gasteiger partial charge in [-0.05, 0) is 12.1 Å². The average molecular weight is 328 g/mol. The Hall–Kier alpha value is -2.09. The number of halogens is 3. The number of rotatable bonds is 3. The fourth-order valence-electron chi connectivity index (χ4n) is 1.77. The molecule has 22 heavy (non-hydrogen) atoms. The van der Waals surface area contributed by atoms with E-state index in [0.717, 1.165) is 17.0 Å². The van der Waals surface area contributed by atoms with E-state index in [1.54, 1.807) is 20.3 Å². The molecule has 0 unspecified atom stereocenters. The van der Waals surface area contributed by atoms with Gasteiger partial charge in [0.05, 0.1) is 12.1 Å². The molecule has 1 heterocycles. The van der Waals surface area contributed by atoms with Crippen molar-refractivity contribution in [2.45, 2.75) is 12.7 Å². The van der Waals surface area contributed by atoms with Crippen molar-refractivity contribution >= 4 is 17.3 Å². The maximum absolute atomic E-state index is 12.5. The number of aromatic nitrogens is 1. The SMILES string of the molecule is CN=C(NC)NCc1cnc(-c2ccc(C(F)(F)F)cc2)s1. The zero-order chi connectivity index (χ0) is 16.2. The van der Waals surface area contributed by atoms with Crippen LogP contribution in [-0.2, 0) is 12.7 Å². The van der Waals surface area contributed by atoms with Crippen LogP contribution < -0.4 is 10.6 Å². The second-order valence-electron chi connectivity index (χ2n) is 4.38. The third-order valence-electron chi connectivity index (χ3n) is 2.90. The number of nitrogens with one attached hydrogen (secondary N) is 2. The van der Waals surface area contributed by atoms with E-state index in [0.29, 0.717) is 23.1 Å². The second kappa shape index (κ2) is 6.78. The van der Waals surface area contributed by atoms with Crippen LogP contribution in [0.1, 0.15) is 10.4 Å². The average Bonchev–Trinajstić information content (AvgIpc) is 2.96. The van der Waals surface area contributed by atoms with Crippen LogP contribution in [0.4, 0.5) is 13.2 Å². The zero-order valence-corrected chi connectivity index (χ0v) is 12.8. The van der Waals surface area contributed by atoms with Crippen molar-refractivity contribution in [1.82, 2.24) is 15.6 Å². The minimum Gasteiger partial charge on any atom is -0.359 e. The van der Waals surface area contributed by atoms with E-state index in [1.807, 2.05) is 0 Å². The topological polar surface area (TPSA) is 49.3 Å². The van der Waals surface area contributed by atoms with Gasteiger partial charge in [-0.3, -0.25) is 4.99 Å². The smallest absolute Gasteiger partial charge is 0.359 e. The molecule has 0 aliphatic heterocycles. The van der Waals surface area contributed by atoms with Crippen molar-refractivity contribution in [2.24, 2.45) is 4.99 Å². The Balaban J connectivity index is 2.08. The largest absolute Gasteiger partial charge is 0.416 e. The van der Waals surface area contributed by atoms with E-state index in [4.69, 9.17) is 0 Å². The Kier molecular flexibility index (Phi) is 5.02. The minimum atomic E-state index is -4.32. The quantitative estimate of drug-likeness (QED) is 0.672. The molecular weight excluding hydrogens is 313 g/mol. The number of aliphatic imine (C=N–C) groups is 1. The highest BCUT2D eigenvalue weighted by Gasteiger charge is 2.30. The maximum atomic E-state index is 12.5. The molecular formula is C14H15F3N4S. The third kappa shape index (κ3) is 3.97. The van der Waals surface area contributed by atoms with Gasteiger partial charge in [0, 0.05) is 30.7 Å². The highest BCUT2D eigenvalue weighted by Crippen LogP contribution is 2.32. The predicted octanol–water partition coefficient (Wildman–Crippen LogP) is 3.12. The molecule has 2 aromatic rings. The molecule has 8 heteroatoms. The lowest BCUT2D eigenvalue weighted by Gasteiger charge is -2.06. The van der Waals surface area contributed by atoms with E-state index in [1.165, 1.54) is 23.5 Å². The normalized spacial score (nSPS) is 12.3. The molecule has 4 nitrogen and oxygen atoms in total. The molecule has 0 aliphatic carbocycles. The van der Waals surface area contributed by atoms with Gasteiger partial charge in [0.2, 0.25) is 0 Å². The van der Waals surface area contributed by atoms with E-state index < -0.39 is 11.7 Å². The van der Waals surface area contributed by atoms with Gasteiger partial charge >= 0.3 is 6.18 Å². The summed E-state index contributed by atoms with van der Waals surface area (Å²) in [5.41, 5.74) is 0.00904. The lowest BCUT2D eigenvalue weighted by molar-refractivity contribution is -0.137. The van der Waals surface area contributed by atoms with Gasteiger partial charge in [0.25, 0.3) is 0 Å². The van der Waals surface area contributed by atoms with Gasteiger partial charge in [-0.2, -0.15) is 13.2 Å². The van der Waals surface area contributed by atoms with Crippen molar-refractivity contribution in [3.8, 4) is 10.6 Å². The molecule has 2 rings (SSSR count). The van der Waals surface area contributed by atoms with Crippen LogP contribution in [0.25, 0.3) is 10.6 Å². The van der Waals surface area contributed by atoms with Gasteiger partial charge in [-0.1, -0.05) is 12.1 Å². The van der Waals surface area contributed by atoms with Crippen LogP contribution >= 0.6 is 11.3 Å². The summed E-state index contributed by atoms with van der Waals surface area (Å²) in [7, 11) is 3.43. The lowest BCUT2D eigenvalue weighted by atomic mass is 10.1. The highest BCUT2D eigenvalue weighted by molar-refractivity contribution is 7.15. The summed E-state index contributed by atoms with van der Waals surface area (Å²) in [6.45, 7) is 0.547. The first-order valence-corrected chi connectivity index (χ1v) is 7.26. The van der Waals surface area contributed by atoms with E-state index >= 15 is 0 Å².